The fourth-order valence-electron chi connectivity index (χ4n) is 1.59. The van der Waals surface area contributed by atoms with Crippen molar-refractivity contribution < 1.29 is 14.6 Å². The Balaban J connectivity index is 1.90. The maximum atomic E-state index is 11.6. The molecule has 1 aliphatic rings. The highest BCUT2D eigenvalue weighted by Crippen LogP contribution is 2.26. The maximum Gasteiger partial charge on any atom is 0.319 e. The molecule has 1 aliphatic heterocycles. The molecule has 1 fully saturated rings. The number of ether oxygens (including phenoxy) is 1. The normalized spacial score (nSPS) is 19.0. The van der Waals surface area contributed by atoms with Crippen molar-refractivity contribution in [3.8, 4) is 5.75 Å². The fraction of sp³-hybridized carbons (Fsp3) is 0.364. The van der Waals surface area contributed by atoms with Gasteiger partial charge in [-0.1, -0.05) is 11.6 Å². The number of benzene rings is 1. The molecule has 0 aromatic heterocycles. The van der Waals surface area contributed by atoms with Gasteiger partial charge < -0.3 is 20.5 Å². The summed E-state index contributed by atoms with van der Waals surface area (Å²) in [6.45, 7) is 1.21. The smallest absolute Gasteiger partial charge is 0.319 e. The summed E-state index contributed by atoms with van der Waals surface area (Å²) in [5.74, 6) is -0.0614. The number of hydrogen-bond donors (Lipinski definition) is 3. The lowest BCUT2D eigenvalue weighted by Crippen LogP contribution is -2.38. The number of urea groups is 1. The van der Waals surface area contributed by atoms with E-state index >= 15 is 0 Å². The first-order chi connectivity index (χ1) is 8.15. The van der Waals surface area contributed by atoms with Crippen LogP contribution in [-0.2, 0) is 4.74 Å². The van der Waals surface area contributed by atoms with Gasteiger partial charge in [0.05, 0.1) is 17.7 Å². The van der Waals surface area contributed by atoms with E-state index in [-0.39, 0.29) is 22.8 Å². The van der Waals surface area contributed by atoms with E-state index in [1.807, 2.05) is 0 Å². The topological polar surface area (TPSA) is 70.6 Å². The average Bonchev–Trinajstić information content (AvgIpc) is 2.76. The Kier molecular flexibility index (Phi) is 3.71. The van der Waals surface area contributed by atoms with Crippen LogP contribution in [0.4, 0.5) is 10.5 Å². The number of halogens is 1. The molecule has 0 spiro atoms. The van der Waals surface area contributed by atoms with Crippen molar-refractivity contribution in [2.75, 3.05) is 18.5 Å². The molecule has 2 rings (SSSR count). The van der Waals surface area contributed by atoms with Gasteiger partial charge >= 0.3 is 6.03 Å². The predicted octanol–water partition coefficient (Wildman–Crippen LogP) is 1.96. The lowest BCUT2D eigenvalue weighted by molar-refractivity contribution is 0.189. The zero-order valence-corrected chi connectivity index (χ0v) is 9.83. The third kappa shape index (κ3) is 3.25. The molecule has 1 aromatic carbocycles. The second kappa shape index (κ2) is 5.25. The van der Waals surface area contributed by atoms with Crippen LogP contribution in [0.15, 0.2) is 18.2 Å². The highest BCUT2D eigenvalue weighted by molar-refractivity contribution is 6.32. The van der Waals surface area contributed by atoms with Crippen LogP contribution < -0.4 is 10.6 Å². The Morgan fingerprint density at radius 3 is 3.00 bits per heavy atom. The molecule has 2 amide bonds. The molecule has 3 N–H and O–H groups in total. The second-order valence-corrected chi connectivity index (χ2v) is 4.23. The van der Waals surface area contributed by atoms with E-state index in [2.05, 4.69) is 10.6 Å². The van der Waals surface area contributed by atoms with Crippen LogP contribution >= 0.6 is 11.6 Å². The first-order valence-electron chi connectivity index (χ1n) is 5.29. The molecule has 1 heterocycles. The van der Waals surface area contributed by atoms with Crippen molar-refractivity contribution in [1.82, 2.24) is 5.32 Å². The van der Waals surface area contributed by atoms with Gasteiger partial charge in [0.15, 0.2) is 0 Å². The Morgan fingerprint density at radius 2 is 2.35 bits per heavy atom. The van der Waals surface area contributed by atoms with Crippen molar-refractivity contribution in [2.24, 2.45) is 0 Å². The predicted molar refractivity (Wildman–Crippen MR) is 64.5 cm³/mol. The van der Waals surface area contributed by atoms with Gasteiger partial charge in [-0.2, -0.15) is 0 Å². The van der Waals surface area contributed by atoms with Gasteiger partial charge in [0.1, 0.15) is 5.75 Å². The van der Waals surface area contributed by atoms with Crippen molar-refractivity contribution in [3.05, 3.63) is 23.2 Å². The minimum Gasteiger partial charge on any atom is -0.506 e. The van der Waals surface area contributed by atoms with E-state index < -0.39 is 0 Å². The molecule has 0 aliphatic carbocycles. The molecule has 1 atom stereocenters. The molecule has 5 nitrogen and oxygen atoms in total. The lowest BCUT2D eigenvalue weighted by Gasteiger charge is -2.12. The molecule has 92 valence electrons. The van der Waals surface area contributed by atoms with Gasteiger partial charge in [-0.25, -0.2) is 4.79 Å². The van der Waals surface area contributed by atoms with Crippen LogP contribution in [0.3, 0.4) is 0 Å². The third-order valence-electron chi connectivity index (χ3n) is 2.47. The summed E-state index contributed by atoms with van der Waals surface area (Å²) in [6.07, 6.45) is 0.819. The number of carbonyl (C=O) groups excluding carboxylic acids is 1. The largest absolute Gasteiger partial charge is 0.506 e. The standard InChI is InChI=1S/C11H13ClN2O3/c12-9-2-1-7(5-10(9)15)13-11(16)14-8-3-4-17-6-8/h1-2,5,8,15H,3-4,6H2,(H2,13,14,16). The minimum absolute atomic E-state index is 0.0518. The van der Waals surface area contributed by atoms with Crippen LogP contribution in [0.1, 0.15) is 6.42 Å². The van der Waals surface area contributed by atoms with E-state index in [0.717, 1.165) is 6.42 Å². The van der Waals surface area contributed by atoms with Gasteiger partial charge in [0, 0.05) is 18.4 Å². The van der Waals surface area contributed by atoms with Gasteiger partial charge in [-0.3, -0.25) is 0 Å². The zero-order valence-electron chi connectivity index (χ0n) is 9.07. The SMILES string of the molecule is O=C(Nc1ccc(Cl)c(O)c1)NC1CCOC1. The third-order valence-corrected chi connectivity index (χ3v) is 2.79. The number of phenolic OH excluding ortho intramolecular Hbond substituents is 1. The Morgan fingerprint density at radius 1 is 1.53 bits per heavy atom. The molecule has 1 aromatic rings. The van der Waals surface area contributed by atoms with Gasteiger partial charge in [0.25, 0.3) is 0 Å². The monoisotopic (exact) mass is 256 g/mol. The van der Waals surface area contributed by atoms with Crippen LogP contribution in [0, 0.1) is 0 Å². The molecule has 0 radical (unpaired) electrons. The van der Waals surface area contributed by atoms with Gasteiger partial charge in [0.2, 0.25) is 0 Å². The summed E-state index contributed by atoms with van der Waals surface area (Å²) in [5.41, 5.74) is 0.489. The summed E-state index contributed by atoms with van der Waals surface area (Å²) in [7, 11) is 0. The molecular weight excluding hydrogens is 244 g/mol. The van der Waals surface area contributed by atoms with Crippen molar-refractivity contribution in [3.63, 3.8) is 0 Å². The summed E-state index contributed by atoms with van der Waals surface area (Å²) in [6, 6.07) is 4.27. The quantitative estimate of drug-likeness (QED) is 0.758. The average molecular weight is 257 g/mol. The van der Waals surface area contributed by atoms with E-state index in [1.54, 1.807) is 6.07 Å². The molecule has 6 heteroatoms. The van der Waals surface area contributed by atoms with Crippen LogP contribution in [-0.4, -0.2) is 30.4 Å². The van der Waals surface area contributed by atoms with Crippen LogP contribution in [0.2, 0.25) is 5.02 Å². The van der Waals surface area contributed by atoms with Crippen molar-refractivity contribution in [2.45, 2.75) is 12.5 Å². The first-order valence-corrected chi connectivity index (χ1v) is 5.67. The van der Waals surface area contributed by atoms with E-state index in [0.29, 0.717) is 18.9 Å². The maximum absolute atomic E-state index is 11.6. The molecule has 0 bridgehead atoms. The number of anilines is 1. The van der Waals surface area contributed by atoms with Crippen molar-refractivity contribution in [1.29, 1.82) is 0 Å². The highest BCUT2D eigenvalue weighted by Gasteiger charge is 2.17. The fourth-order valence-corrected chi connectivity index (χ4v) is 1.71. The molecular formula is C11H13ClN2O3. The van der Waals surface area contributed by atoms with E-state index in [1.165, 1.54) is 12.1 Å². The number of phenols is 1. The van der Waals surface area contributed by atoms with Gasteiger partial charge in [-0.05, 0) is 18.6 Å². The van der Waals surface area contributed by atoms with Gasteiger partial charge in [-0.15, -0.1) is 0 Å². The number of carbonyl (C=O) groups is 1. The minimum atomic E-state index is -0.317. The number of aromatic hydroxyl groups is 1. The number of nitrogens with one attached hydrogen (secondary N) is 2. The number of amides is 2. The summed E-state index contributed by atoms with van der Waals surface area (Å²) < 4.78 is 5.14. The lowest BCUT2D eigenvalue weighted by atomic mass is 10.2. The molecule has 1 saturated heterocycles. The Hall–Kier alpha value is -1.46. The molecule has 17 heavy (non-hydrogen) atoms. The Labute approximate surface area is 104 Å². The van der Waals surface area contributed by atoms with Crippen LogP contribution in [0.25, 0.3) is 0 Å². The zero-order chi connectivity index (χ0) is 12.3. The van der Waals surface area contributed by atoms with E-state index in [9.17, 15) is 9.90 Å². The summed E-state index contributed by atoms with van der Waals surface area (Å²) in [4.78, 5) is 11.6. The second-order valence-electron chi connectivity index (χ2n) is 3.83. The summed E-state index contributed by atoms with van der Waals surface area (Å²) in [5, 5.41) is 15.0. The van der Waals surface area contributed by atoms with E-state index in [4.69, 9.17) is 16.3 Å². The highest BCUT2D eigenvalue weighted by atomic mass is 35.5. The van der Waals surface area contributed by atoms with Crippen molar-refractivity contribution >= 4 is 23.3 Å². The first kappa shape index (κ1) is 12.0. The molecule has 1 unspecified atom stereocenters. The Bertz CT molecular complexity index is 419. The number of rotatable bonds is 2. The summed E-state index contributed by atoms with van der Waals surface area (Å²) >= 11 is 5.66. The molecule has 0 saturated carbocycles. The number of hydrogen-bond acceptors (Lipinski definition) is 3. The van der Waals surface area contributed by atoms with Crippen LogP contribution in [0.5, 0.6) is 5.75 Å².